The van der Waals surface area contributed by atoms with Gasteiger partial charge in [0.1, 0.15) is 0 Å². The quantitative estimate of drug-likeness (QED) is 0.592. The molecule has 0 radical (unpaired) electrons. The minimum atomic E-state index is -0.106. The number of hydrogen-bond donors (Lipinski definition) is 1. The maximum atomic E-state index is 11.8. The smallest absolute Gasteiger partial charge is 0.333 e. The minimum absolute atomic E-state index is 0.106. The van der Waals surface area contributed by atoms with Gasteiger partial charge in [-0.2, -0.15) is 0 Å². The summed E-state index contributed by atoms with van der Waals surface area (Å²) < 4.78 is 4.92. The Kier molecular flexibility index (Phi) is 4.60. The summed E-state index contributed by atoms with van der Waals surface area (Å²) in [4.78, 5) is 11.8. The Bertz CT molecular complexity index is 301. The zero-order valence-electron chi connectivity index (χ0n) is 10.8. The standard InChI is InChI=1S/C14H23NO2/c1-17-14(16)12-8-9-15-10-13(12)11-6-4-2-3-5-7-11/h11,15H,2-10H2,1H3. The molecular weight excluding hydrogens is 214 g/mol. The molecule has 2 rings (SSSR count). The van der Waals surface area contributed by atoms with Crippen molar-refractivity contribution < 1.29 is 9.53 Å². The third-order valence-electron chi connectivity index (χ3n) is 4.03. The summed E-state index contributed by atoms with van der Waals surface area (Å²) in [6.07, 6.45) is 8.65. The van der Waals surface area contributed by atoms with Crippen molar-refractivity contribution in [3.63, 3.8) is 0 Å². The van der Waals surface area contributed by atoms with Crippen LogP contribution in [0.15, 0.2) is 11.1 Å². The first-order chi connectivity index (χ1) is 8.33. The van der Waals surface area contributed by atoms with Gasteiger partial charge in [0.25, 0.3) is 0 Å². The maximum Gasteiger partial charge on any atom is 0.333 e. The fraction of sp³-hybridized carbons (Fsp3) is 0.786. The van der Waals surface area contributed by atoms with Crippen LogP contribution in [-0.2, 0) is 9.53 Å². The fourth-order valence-electron chi connectivity index (χ4n) is 3.08. The van der Waals surface area contributed by atoms with Gasteiger partial charge in [-0.05, 0) is 37.3 Å². The predicted molar refractivity (Wildman–Crippen MR) is 67.7 cm³/mol. The third kappa shape index (κ3) is 3.09. The van der Waals surface area contributed by atoms with E-state index in [0.717, 1.165) is 25.1 Å². The SMILES string of the molecule is COC(=O)C1=C(C2CCCCCC2)CNCC1. The summed E-state index contributed by atoms with van der Waals surface area (Å²) in [5.41, 5.74) is 2.29. The van der Waals surface area contributed by atoms with Crippen molar-refractivity contribution in [2.24, 2.45) is 5.92 Å². The molecule has 1 aliphatic carbocycles. The van der Waals surface area contributed by atoms with Crippen LogP contribution < -0.4 is 5.32 Å². The van der Waals surface area contributed by atoms with Crippen LogP contribution in [0.25, 0.3) is 0 Å². The van der Waals surface area contributed by atoms with Gasteiger partial charge in [-0.3, -0.25) is 0 Å². The van der Waals surface area contributed by atoms with E-state index < -0.39 is 0 Å². The van der Waals surface area contributed by atoms with Gasteiger partial charge in [0.05, 0.1) is 7.11 Å². The molecule has 1 saturated carbocycles. The molecule has 1 fully saturated rings. The molecular formula is C14H23NO2. The lowest BCUT2D eigenvalue weighted by atomic mass is 9.85. The van der Waals surface area contributed by atoms with Crippen LogP contribution in [-0.4, -0.2) is 26.2 Å². The van der Waals surface area contributed by atoms with Crippen LogP contribution in [0.5, 0.6) is 0 Å². The van der Waals surface area contributed by atoms with Gasteiger partial charge in [-0.1, -0.05) is 25.7 Å². The van der Waals surface area contributed by atoms with E-state index in [1.54, 1.807) is 0 Å². The number of hydrogen-bond acceptors (Lipinski definition) is 3. The number of methoxy groups -OCH3 is 1. The van der Waals surface area contributed by atoms with Crippen LogP contribution in [0.3, 0.4) is 0 Å². The molecule has 0 spiro atoms. The summed E-state index contributed by atoms with van der Waals surface area (Å²) in [5.74, 6) is 0.505. The summed E-state index contributed by atoms with van der Waals surface area (Å²) >= 11 is 0. The van der Waals surface area contributed by atoms with Crippen LogP contribution in [0, 0.1) is 5.92 Å². The Balaban J connectivity index is 2.17. The summed E-state index contributed by atoms with van der Waals surface area (Å²) in [6.45, 7) is 1.79. The summed E-state index contributed by atoms with van der Waals surface area (Å²) in [7, 11) is 1.49. The van der Waals surface area contributed by atoms with Crippen LogP contribution in [0.2, 0.25) is 0 Å². The van der Waals surface area contributed by atoms with Crippen LogP contribution >= 0.6 is 0 Å². The Morgan fingerprint density at radius 2 is 1.94 bits per heavy atom. The average molecular weight is 237 g/mol. The van der Waals surface area contributed by atoms with Crippen molar-refractivity contribution in [1.82, 2.24) is 5.32 Å². The van der Waals surface area contributed by atoms with Gasteiger partial charge in [-0.25, -0.2) is 4.79 Å². The molecule has 3 heteroatoms. The van der Waals surface area contributed by atoms with Crippen molar-refractivity contribution in [3.8, 4) is 0 Å². The van der Waals surface area contributed by atoms with Crippen LogP contribution in [0.1, 0.15) is 44.9 Å². The van der Waals surface area contributed by atoms with Gasteiger partial charge in [-0.15, -0.1) is 0 Å². The fourth-order valence-corrected chi connectivity index (χ4v) is 3.08. The molecule has 0 amide bonds. The molecule has 0 saturated heterocycles. The minimum Gasteiger partial charge on any atom is -0.466 e. The van der Waals surface area contributed by atoms with E-state index >= 15 is 0 Å². The second kappa shape index (κ2) is 6.20. The molecule has 0 aromatic rings. The number of ether oxygens (including phenoxy) is 1. The topological polar surface area (TPSA) is 38.3 Å². The van der Waals surface area contributed by atoms with Crippen molar-refractivity contribution in [2.45, 2.75) is 44.9 Å². The molecule has 1 N–H and O–H groups in total. The first-order valence-electron chi connectivity index (χ1n) is 6.84. The highest BCUT2D eigenvalue weighted by Gasteiger charge is 2.25. The Hall–Kier alpha value is -0.830. The summed E-state index contributed by atoms with van der Waals surface area (Å²) in [5, 5.41) is 3.40. The average Bonchev–Trinajstić information content (AvgIpc) is 2.66. The second-order valence-electron chi connectivity index (χ2n) is 5.11. The molecule has 0 aromatic carbocycles. The Labute approximate surface area is 104 Å². The molecule has 0 bridgehead atoms. The first kappa shape index (κ1) is 12.6. The third-order valence-corrected chi connectivity index (χ3v) is 4.03. The lowest BCUT2D eigenvalue weighted by Gasteiger charge is -2.26. The van der Waals surface area contributed by atoms with Crippen molar-refractivity contribution >= 4 is 5.97 Å². The largest absolute Gasteiger partial charge is 0.466 e. The molecule has 2 aliphatic rings. The number of rotatable bonds is 2. The number of carbonyl (C=O) groups is 1. The highest BCUT2D eigenvalue weighted by Crippen LogP contribution is 2.32. The zero-order chi connectivity index (χ0) is 12.1. The molecule has 0 unspecified atom stereocenters. The van der Waals surface area contributed by atoms with E-state index in [4.69, 9.17) is 4.74 Å². The van der Waals surface area contributed by atoms with Crippen LogP contribution in [0.4, 0.5) is 0 Å². The van der Waals surface area contributed by atoms with E-state index in [1.807, 2.05) is 0 Å². The van der Waals surface area contributed by atoms with Crippen molar-refractivity contribution in [2.75, 3.05) is 20.2 Å². The molecule has 3 nitrogen and oxygen atoms in total. The van der Waals surface area contributed by atoms with Gasteiger partial charge in [0, 0.05) is 12.1 Å². The van der Waals surface area contributed by atoms with E-state index in [1.165, 1.54) is 51.2 Å². The highest BCUT2D eigenvalue weighted by molar-refractivity contribution is 5.89. The maximum absolute atomic E-state index is 11.8. The lowest BCUT2D eigenvalue weighted by molar-refractivity contribution is -0.136. The summed E-state index contributed by atoms with van der Waals surface area (Å²) in [6, 6.07) is 0. The van der Waals surface area contributed by atoms with Crippen molar-refractivity contribution in [3.05, 3.63) is 11.1 Å². The number of nitrogens with one attached hydrogen (secondary N) is 1. The second-order valence-corrected chi connectivity index (χ2v) is 5.11. The van der Waals surface area contributed by atoms with Gasteiger partial charge < -0.3 is 10.1 Å². The molecule has 96 valence electrons. The highest BCUT2D eigenvalue weighted by atomic mass is 16.5. The van der Waals surface area contributed by atoms with Gasteiger partial charge >= 0.3 is 5.97 Å². The molecule has 1 heterocycles. The predicted octanol–water partition coefficient (Wildman–Crippen LogP) is 2.42. The lowest BCUT2D eigenvalue weighted by Crippen LogP contribution is -2.31. The monoisotopic (exact) mass is 237 g/mol. The van der Waals surface area contributed by atoms with E-state index in [-0.39, 0.29) is 5.97 Å². The molecule has 0 aromatic heterocycles. The zero-order valence-corrected chi connectivity index (χ0v) is 10.8. The molecule has 1 aliphatic heterocycles. The number of carbonyl (C=O) groups excluding carboxylic acids is 1. The first-order valence-corrected chi connectivity index (χ1v) is 6.84. The Morgan fingerprint density at radius 3 is 2.59 bits per heavy atom. The normalized spacial score (nSPS) is 23.4. The van der Waals surface area contributed by atoms with E-state index in [0.29, 0.717) is 5.92 Å². The van der Waals surface area contributed by atoms with Gasteiger partial charge in [0.2, 0.25) is 0 Å². The number of esters is 1. The van der Waals surface area contributed by atoms with Crippen molar-refractivity contribution in [1.29, 1.82) is 0 Å². The molecule has 0 atom stereocenters. The molecule has 17 heavy (non-hydrogen) atoms. The van der Waals surface area contributed by atoms with E-state index in [9.17, 15) is 4.79 Å². The Morgan fingerprint density at radius 1 is 1.24 bits per heavy atom. The van der Waals surface area contributed by atoms with Gasteiger partial charge in [0.15, 0.2) is 0 Å². The van der Waals surface area contributed by atoms with E-state index in [2.05, 4.69) is 5.32 Å².